The van der Waals surface area contributed by atoms with Gasteiger partial charge < -0.3 is 4.90 Å². The Morgan fingerprint density at radius 3 is 2.87 bits per heavy atom. The summed E-state index contributed by atoms with van der Waals surface area (Å²) in [6, 6.07) is 8.76. The normalized spacial score (nSPS) is 18.5. The molecule has 0 saturated carbocycles. The number of rotatable bonds is 2. The first kappa shape index (κ1) is 15.9. The van der Waals surface area contributed by atoms with Crippen LogP contribution in [-0.2, 0) is 0 Å². The molecule has 1 amide bonds. The van der Waals surface area contributed by atoms with Crippen LogP contribution in [0, 0.1) is 11.6 Å². The quantitative estimate of drug-likeness (QED) is 0.840. The summed E-state index contributed by atoms with van der Waals surface area (Å²) in [7, 11) is 0. The molecule has 1 aliphatic rings. The van der Waals surface area contributed by atoms with E-state index in [1.807, 2.05) is 0 Å². The maximum atomic E-state index is 13.9. The van der Waals surface area contributed by atoms with Gasteiger partial charge in [-0.2, -0.15) is 11.8 Å². The first-order valence-corrected chi connectivity index (χ1v) is 8.47. The molecule has 1 aromatic heterocycles. The number of carbonyl (C=O) groups excluding carboxylic acids is 1. The molecule has 2 aromatic rings. The molecule has 0 spiro atoms. The Bertz CT molecular complexity index is 696. The lowest BCUT2D eigenvalue weighted by molar-refractivity contribution is 0.0760. The smallest absolute Gasteiger partial charge is 0.272 e. The molecule has 1 aliphatic heterocycles. The van der Waals surface area contributed by atoms with E-state index in [1.54, 1.807) is 41.1 Å². The van der Waals surface area contributed by atoms with Gasteiger partial charge in [-0.1, -0.05) is 6.07 Å². The largest absolute Gasteiger partial charge is 0.336 e. The molecule has 6 heteroatoms. The number of thioether (sulfide) groups is 1. The molecule has 0 N–H and O–H groups in total. The standard InChI is InChI=1S/C17H16F2N2OS/c18-12-4-5-14(19)13(11-12)16-6-8-21(9-10-23-16)17(22)15-3-1-2-7-20-15/h1-5,7,11,16H,6,8-10H2. The lowest BCUT2D eigenvalue weighted by Crippen LogP contribution is -2.33. The first-order chi connectivity index (χ1) is 11.1. The number of aromatic nitrogens is 1. The van der Waals surface area contributed by atoms with Crippen molar-refractivity contribution in [2.45, 2.75) is 11.7 Å². The molecule has 2 heterocycles. The van der Waals surface area contributed by atoms with E-state index in [4.69, 9.17) is 0 Å². The highest BCUT2D eigenvalue weighted by atomic mass is 32.2. The molecule has 1 unspecified atom stereocenters. The molecule has 0 aliphatic carbocycles. The SMILES string of the molecule is O=C(c1ccccn1)N1CCSC(c2cc(F)ccc2F)CC1. The number of nitrogens with zero attached hydrogens (tertiary/aromatic N) is 2. The fourth-order valence-corrected chi connectivity index (χ4v) is 3.88. The Morgan fingerprint density at radius 1 is 1.22 bits per heavy atom. The van der Waals surface area contributed by atoms with Crippen LogP contribution in [0.1, 0.15) is 27.7 Å². The Morgan fingerprint density at radius 2 is 2.09 bits per heavy atom. The minimum atomic E-state index is -0.437. The summed E-state index contributed by atoms with van der Waals surface area (Å²) in [5, 5.41) is -0.146. The van der Waals surface area contributed by atoms with Gasteiger partial charge in [-0.15, -0.1) is 0 Å². The number of benzene rings is 1. The van der Waals surface area contributed by atoms with E-state index < -0.39 is 11.6 Å². The van der Waals surface area contributed by atoms with Crippen molar-refractivity contribution in [3.8, 4) is 0 Å². The minimum absolute atomic E-state index is 0.119. The Labute approximate surface area is 137 Å². The van der Waals surface area contributed by atoms with Crippen LogP contribution >= 0.6 is 11.8 Å². The summed E-state index contributed by atoms with van der Waals surface area (Å²) >= 11 is 1.56. The number of hydrogen-bond donors (Lipinski definition) is 0. The van der Waals surface area contributed by atoms with Gasteiger partial charge in [-0.3, -0.25) is 9.78 Å². The van der Waals surface area contributed by atoms with Crippen molar-refractivity contribution in [2.24, 2.45) is 0 Å². The van der Waals surface area contributed by atoms with Crippen molar-refractivity contribution in [2.75, 3.05) is 18.8 Å². The second-order valence-corrected chi connectivity index (χ2v) is 6.63. The Kier molecular flexibility index (Phi) is 4.91. The third-order valence-electron chi connectivity index (χ3n) is 3.82. The highest BCUT2D eigenvalue weighted by Gasteiger charge is 2.25. The molecular weight excluding hydrogens is 318 g/mol. The summed E-state index contributed by atoms with van der Waals surface area (Å²) in [6.45, 7) is 1.08. The second-order valence-electron chi connectivity index (χ2n) is 5.32. The third-order valence-corrected chi connectivity index (χ3v) is 5.13. The number of amides is 1. The van der Waals surface area contributed by atoms with E-state index in [1.165, 1.54) is 6.07 Å². The van der Waals surface area contributed by atoms with Crippen LogP contribution in [0.5, 0.6) is 0 Å². The lowest BCUT2D eigenvalue weighted by atomic mass is 10.1. The molecular formula is C17H16F2N2OS. The molecule has 0 radical (unpaired) electrons. The maximum absolute atomic E-state index is 13.9. The van der Waals surface area contributed by atoms with Gasteiger partial charge in [0, 0.05) is 35.9 Å². The monoisotopic (exact) mass is 334 g/mol. The summed E-state index contributed by atoms with van der Waals surface area (Å²) in [4.78, 5) is 18.2. The maximum Gasteiger partial charge on any atom is 0.272 e. The number of carbonyl (C=O) groups is 1. The zero-order valence-electron chi connectivity index (χ0n) is 12.4. The van der Waals surface area contributed by atoms with Gasteiger partial charge in [0.1, 0.15) is 17.3 Å². The molecule has 1 fully saturated rings. The zero-order valence-corrected chi connectivity index (χ0v) is 13.2. The molecule has 1 atom stereocenters. The van der Waals surface area contributed by atoms with E-state index in [0.29, 0.717) is 36.5 Å². The van der Waals surface area contributed by atoms with Crippen molar-refractivity contribution in [3.63, 3.8) is 0 Å². The van der Waals surface area contributed by atoms with Crippen LogP contribution in [0.25, 0.3) is 0 Å². The number of hydrogen-bond acceptors (Lipinski definition) is 3. The van der Waals surface area contributed by atoms with Gasteiger partial charge >= 0.3 is 0 Å². The molecule has 0 bridgehead atoms. The predicted molar refractivity (Wildman–Crippen MR) is 86.3 cm³/mol. The van der Waals surface area contributed by atoms with Crippen molar-refractivity contribution < 1.29 is 13.6 Å². The molecule has 3 nitrogen and oxygen atoms in total. The van der Waals surface area contributed by atoms with E-state index in [2.05, 4.69) is 4.98 Å². The molecule has 120 valence electrons. The van der Waals surface area contributed by atoms with Crippen LogP contribution in [0.4, 0.5) is 8.78 Å². The Hall–Kier alpha value is -1.95. The highest BCUT2D eigenvalue weighted by Crippen LogP contribution is 2.36. The Balaban J connectivity index is 1.72. The second kappa shape index (κ2) is 7.08. The number of halogens is 2. The number of pyridine rings is 1. The lowest BCUT2D eigenvalue weighted by Gasteiger charge is -2.20. The third kappa shape index (κ3) is 3.69. The van der Waals surface area contributed by atoms with E-state index in [9.17, 15) is 13.6 Å². The summed E-state index contributed by atoms with van der Waals surface area (Å²) in [6.07, 6.45) is 2.17. The van der Waals surface area contributed by atoms with Gasteiger partial charge in [0.15, 0.2) is 0 Å². The van der Waals surface area contributed by atoms with Crippen molar-refractivity contribution >= 4 is 17.7 Å². The zero-order chi connectivity index (χ0) is 16.2. The summed E-state index contributed by atoms with van der Waals surface area (Å²) in [5.74, 6) is -0.272. The highest BCUT2D eigenvalue weighted by molar-refractivity contribution is 7.99. The topological polar surface area (TPSA) is 33.2 Å². The van der Waals surface area contributed by atoms with Crippen molar-refractivity contribution in [3.05, 3.63) is 65.5 Å². The first-order valence-electron chi connectivity index (χ1n) is 7.42. The average Bonchev–Trinajstić information content (AvgIpc) is 2.83. The van der Waals surface area contributed by atoms with Gasteiger partial charge in [0.2, 0.25) is 0 Å². The van der Waals surface area contributed by atoms with E-state index >= 15 is 0 Å². The van der Waals surface area contributed by atoms with Crippen molar-refractivity contribution in [1.29, 1.82) is 0 Å². The average molecular weight is 334 g/mol. The predicted octanol–water partition coefficient (Wildman–Crippen LogP) is 3.68. The molecule has 1 aromatic carbocycles. The van der Waals surface area contributed by atoms with Gasteiger partial charge in [0.25, 0.3) is 5.91 Å². The molecule has 1 saturated heterocycles. The fraction of sp³-hybridized carbons (Fsp3) is 0.294. The van der Waals surface area contributed by atoms with Crippen LogP contribution in [0.15, 0.2) is 42.6 Å². The van der Waals surface area contributed by atoms with Crippen LogP contribution in [-0.4, -0.2) is 34.6 Å². The molecule has 3 rings (SSSR count). The molecule has 23 heavy (non-hydrogen) atoms. The van der Waals surface area contributed by atoms with E-state index in [0.717, 1.165) is 12.1 Å². The summed E-state index contributed by atoms with van der Waals surface area (Å²) < 4.78 is 27.3. The van der Waals surface area contributed by atoms with Gasteiger partial charge in [-0.25, -0.2) is 8.78 Å². The van der Waals surface area contributed by atoms with Crippen LogP contribution in [0.2, 0.25) is 0 Å². The van der Waals surface area contributed by atoms with Crippen LogP contribution < -0.4 is 0 Å². The summed E-state index contributed by atoms with van der Waals surface area (Å²) in [5.41, 5.74) is 0.787. The van der Waals surface area contributed by atoms with E-state index in [-0.39, 0.29) is 11.2 Å². The fourth-order valence-electron chi connectivity index (χ4n) is 2.63. The van der Waals surface area contributed by atoms with Gasteiger partial charge in [-0.05, 0) is 36.8 Å². The van der Waals surface area contributed by atoms with Crippen molar-refractivity contribution in [1.82, 2.24) is 9.88 Å². The van der Waals surface area contributed by atoms with Gasteiger partial charge in [0.05, 0.1) is 0 Å². The van der Waals surface area contributed by atoms with Crippen LogP contribution in [0.3, 0.4) is 0 Å². The minimum Gasteiger partial charge on any atom is -0.336 e.